The van der Waals surface area contributed by atoms with Gasteiger partial charge in [-0.15, -0.1) is 0 Å². The van der Waals surface area contributed by atoms with E-state index in [0.29, 0.717) is 12.8 Å². The lowest BCUT2D eigenvalue weighted by Crippen LogP contribution is -2.44. The fraction of sp³-hybridized carbons (Fsp3) is 0.500. The Morgan fingerprint density at radius 3 is 2.52 bits per heavy atom. The van der Waals surface area contributed by atoms with E-state index in [2.05, 4.69) is 0 Å². The van der Waals surface area contributed by atoms with Gasteiger partial charge in [0.15, 0.2) is 0 Å². The molecule has 0 radical (unpaired) electrons. The van der Waals surface area contributed by atoms with Crippen molar-refractivity contribution in [1.82, 2.24) is 4.90 Å². The van der Waals surface area contributed by atoms with E-state index in [0.717, 1.165) is 5.56 Å². The minimum atomic E-state index is -1.03. The molecule has 2 atom stereocenters. The van der Waals surface area contributed by atoms with E-state index in [4.69, 9.17) is 5.11 Å². The Bertz CT molecular complexity index is 504. The third-order valence-corrected chi connectivity index (χ3v) is 3.56. The molecule has 0 fully saturated rings. The van der Waals surface area contributed by atoms with Gasteiger partial charge in [0.25, 0.3) is 0 Å². The van der Waals surface area contributed by atoms with Gasteiger partial charge in [0.05, 0.1) is 0 Å². The summed E-state index contributed by atoms with van der Waals surface area (Å²) in [5, 5.41) is 8.94. The maximum absolute atomic E-state index is 13.2. The zero-order chi connectivity index (χ0) is 16.0. The van der Waals surface area contributed by atoms with E-state index in [1.165, 1.54) is 17.0 Å². The number of carboxylic acids is 1. The quantitative estimate of drug-likeness (QED) is 0.841. The van der Waals surface area contributed by atoms with Crippen LogP contribution in [0, 0.1) is 11.7 Å². The number of benzene rings is 1. The van der Waals surface area contributed by atoms with Gasteiger partial charge < -0.3 is 10.0 Å². The number of carbonyl (C=O) groups excluding carboxylic acids is 1. The standard InChI is InChI=1S/C16H22FNO3/c1-4-12(3)18(10-15(19)20)16(21)11(2)8-13-6-5-7-14(17)9-13/h5-7,9,11-12H,4,8,10H2,1-3H3,(H,19,20). The van der Waals surface area contributed by atoms with E-state index in [-0.39, 0.29) is 30.2 Å². The molecule has 0 saturated carbocycles. The molecule has 1 aromatic rings. The molecule has 0 saturated heterocycles. The average Bonchev–Trinajstić information content (AvgIpc) is 2.43. The van der Waals surface area contributed by atoms with Crippen molar-refractivity contribution < 1.29 is 19.1 Å². The van der Waals surface area contributed by atoms with E-state index in [9.17, 15) is 14.0 Å². The highest BCUT2D eigenvalue weighted by atomic mass is 19.1. The number of halogens is 1. The molecule has 0 aromatic heterocycles. The summed E-state index contributed by atoms with van der Waals surface area (Å²) >= 11 is 0. The van der Waals surface area contributed by atoms with Crippen molar-refractivity contribution in [3.05, 3.63) is 35.6 Å². The van der Waals surface area contributed by atoms with Crippen molar-refractivity contribution >= 4 is 11.9 Å². The van der Waals surface area contributed by atoms with Crippen molar-refractivity contribution in [2.24, 2.45) is 5.92 Å². The van der Waals surface area contributed by atoms with Gasteiger partial charge in [0.1, 0.15) is 12.4 Å². The fourth-order valence-electron chi connectivity index (χ4n) is 2.20. The highest BCUT2D eigenvalue weighted by molar-refractivity contribution is 5.83. The number of rotatable bonds is 7. The molecule has 1 amide bonds. The Hall–Kier alpha value is -1.91. The van der Waals surface area contributed by atoms with Crippen LogP contribution < -0.4 is 0 Å². The maximum atomic E-state index is 13.2. The van der Waals surface area contributed by atoms with Crippen molar-refractivity contribution in [3.8, 4) is 0 Å². The summed E-state index contributed by atoms with van der Waals surface area (Å²) in [5.41, 5.74) is 0.732. The summed E-state index contributed by atoms with van der Waals surface area (Å²) in [6, 6.07) is 5.98. The number of hydrogen-bond acceptors (Lipinski definition) is 2. The topological polar surface area (TPSA) is 57.6 Å². The summed E-state index contributed by atoms with van der Waals surface area (Å²) in [4.78, 5) is 24.7. The van der Waals surface area contributed by atoms with Gasteiger partial charge in [-0.3, -0.25) is 9.59 Å². The summed E-state index contributed by atoms with van der Waals surface area (Å²) in [7, 11) is 0. The first kappa shape index (κ1) is 17.1. The predicted molar refractivity (Wildman–Crippen MR) is 78.4 cm³/mol. The number of carbonyl (C=O) groups is 2. The second-order valence-electron chi connectivity index (χ2n) is 5.35. The molecule has 1 N–H and O–H groups in total. The van der Waals surface area contributed by atoms with Gasteiger partial charge in [-0.25, -0.2) is 4.39 Å². The van der Waals surface area contributed by atoms with Crippen LogP contribution in [0.3, 0.4) is 0 Å². The van der Waals surface area contributed by atoms with Crippen LogP contribution in [0.4, 0.5) is 4.39 Å². The van der Waals surface area contributed by atoms with Crippen molar-refractivity contribution in [1.29, 1.82) is 0 Å². The van der Waals surface area contributed by atoms with Crippen LogP contribution in [-0.2, 0) is 16.0 Å². The molecule has 116 valence electrons. The van der Waals surface area contributed by atoms with Crippen LogP contribution in [0.5, 0.6) is 0 Å². The minimum absolute atomic E-state index is 0.136. The van der Waals surface area contributed by atoms with Crippen LogP contribution in [0.2, 0.25) is 0 Å². The van der Waals surface area contributed by atoms with Crippen LogP contribution in [0.1, 0.15) is 32.8 Å². The van der Waals surface area contributed by atoms with Gasteiger partial charge in [0.2, 0.25) is 5.91 Å². The summed E-state index contributed by atoms with van der Waals surface area (Å²) in [6.07, 6.45) is 1.08. The van der Waals surface area contributed by atoms with Gasteiger partial charge in [0, 0.05) is 12.0 Å². The largest absolute Gasteiger partial charge is 0.480 e. The maximum Gasteiger partial charge on any atom is 0.323 e. The number of hydrogen-bond donors (Lipinski definition) is 1. The second-order valence-corrected chi connectivity index (χ2v) is 5.35. The Balaban J connectivity index is 2.80. The monoisotopic (exact) mass is 295 g/mol. The third kappa shape index (κ3) is 5.17. The highest BCUT2D eigenvalue weighted by Gasteiger charge is 2.26. The molecular formula is C16H22FNO3. The minimum Gasteiger partial charge on any atom is -0.480 e. The lowest BCUT2D eigenvalue weighted by molar-refractivity contribution is -0.147. The molecule has 1 rings (SSSR count). The fourth-order valence-corrected chi connectivity index (χ4v) is 2.20. The molecule has 4 nitrogen and oxygen atoms in total. The van der Waals surface area contributed by atoms with E-state index in [1.54, 1.807) is 19.1 Å². The van der Waals surface area contributed by atoms with Crippen molar-refractivity contribution in [2.75, 3.05) is 6.54 Å². The lowest BCUT2D eigenvalue weighted by Gasteiger charge is -2.29. The van der Waals surface area contributed by atoms with Crippen LogP contribution >= 0.6 is 0 Å². The third-order valence-electron chi connectivity index (χ3n) is 3.56. The molecule has 21 heavy (non-hydrogen) atoms. The van der Waals surface area contributed by atoms with Crippen LogP contribution in [0.15, 0.2) is 24.3 Å². The lowest BCUT2D eigenvalue weighted by atomic mass is 9.98. The Labute approximate surface area is 124 Å². The number of nitrogens with zero attached hydrogens (tertiary/aromatic N) is 1. The molecule has 0 spiro atoms. The van der Waals surface area contributed by atoms with Gasteiger partial charge >= 0.3 is 5.97 Å². The summed E-state index contributed by atoms with van der Waals surface area (Å²) < 4.78 is 13.2. The second kappa shape index (κ2) is 7.76. The summed E-state index contributed by atoms with van der Waals surface area (Å²) in [6.45, 7) is 5.17. The molecule has 1 aromatic carbocycles. The number of aliphatic carboxylic acids is 1. The SMILES string of the molecule is CCC(C)N(CC(=O)O)C(=O)C(C)Cc1cccc(F)c1. The number of amides is 1. The average molecular weight is 295 g/mol. The van der Waals surface area contributed by atoms with Gasteiger partial charge in [-0.1, -0.05) is 26.0 Å². The van der Waals surface area contributed by atoms with E-state index < -0.39 is 5.97 Å². The zero-order valence-corrected chi connectivity index (χ0v) is 12.7. The molecule has 5 heteroatoms. The Morgan fingerprint density at radius 1 is 1.33 bits per heavy atom. The molecule has 0 aliphatic heterocycles. The highest BCUT2D eigenvalue weighted by Crippen LogP contribution is 2.15. The van der Waals surface area contributed by atoms with E-state index in [1.807, 2.05) is 13.8 Å². The Kier molecular flexibility index (Phi) is 6.34. The van der Waals surface area contributed by atoms with Crippen LogP contribution in [0.25, 0.3) is 0 Å². The summed E-state index contributed by atoms with van der Waals surface area (Å²) in [5.74, 6) is -1.96. The van der Waals surface area contributed by atoms with Gasteiger partial charge in [-0.2, -0.15) is 0 Å². The molecule has 0 bridgehead atoms. The first-order chi connectivity index (χ1) is 9.85. The van der Waals surface area contributed by atoms with E-state index >= 15 is 0 Å². The predicted octanol–water partition coefficient (Wildman–Crippen LogP) is 2.72. The van der Waals surface area contributed by atoms with Crippen molar-refractivity contribution in [2.45, 2.75) is 39.7 Å². The van der Waals surface area contributed by atoms with Crippen molar-refractivity contribution in [3.63, 3.8) is 0 Å². The molecule has 0 aliphatic rings. The Morgan fingerprint density at radius 2 is 2.00 bits per heavy atom. The zero-order valence-electron chi connectivity index (χ0n) is 12.7. The van der Waals surface area contributed by atoms with Gasteiger partial charge in [-0.05, 0) is 37.5 Å². The number of carboxylic acid groups (broad SMARTS) is 1. The smallest absolute Gasteiger partial charge is 0.323 e. The first-order valence-electron chi connectivity index (χ1n) is 7.11. The first-order valence-corrected chi connectivity index (χ1v) is 7.11. The normalized spacial score (nSPS) is 13.5. The molecule has 0 heterocycles. The molecule has 2 unspecified atom stereocenters. The molecular weight excluding hydrogens is 273 g/mol. The van der Waals surface area contributed by atoms with Crippen LogP contribution in [-0.4, -0.2) is 34.5 Å². The molecule has 0 aliphatic carbocycles.